The van der Waals surface area contributed by atoms with E-state index in [4.69, 9.17) is 4.74 Å². The van der Waals surface area contributed by atoms with E-state index in [1.54, 1.807) is 29.3 Å². The minimum atomic E-state index is -0.560. The van der Waals surface area contributed by atoms with Gasteiger partial charge in [-0.2, -0.15) is 0 Å². The number of hydrogen-bond donors (Lipinski definition) is 1. The molecule has 3 rings (SSSR count). The van der Waals surface area contributed by atoms with Gasteiger partial charge in [-0.1, -0.05) is 6.07 Å². The first kappa shape index (κ1) is 17.6. The molecule has 132 valence electrons. The van der Waals surface area contributed by atoms with Crippen molar-refractivity contribution in [3.8, 4) is 0 Å². The van der Waals surface area contributed by atoms with Gasteiger partial charge >= 0.3 is 5.97 Å². The van der Waals surface area contributed by atoms with Gasteiger partial charge in [0, 0.05) is 13.1 Å². The highest BCUT2D eigenvalue weighted by Gasteiger charge is 2.29. The number of rotatable bonds is 4. The van der Waals surface area contributed by atoms with Gasteiger partial charge in [0.2, 0.25) is 0 Å². The van der Waals surface area contributed by atoms with E-state index in [-0.39, 0.29) is 17.4 Å². The lowest BCUT2D eigenvalue weighted by atomic mass is 10.1. The van der Waals surface area contributed by atoms with Crippen molar-refractivity contribution in [1.29, 1.82) is 0 Å². The second-order valence-electron chi connectivity index (χ2n) is 5.68. The number of esters is 1. The predicted molar refractivity (Wildman–Crippen MR) is 97.8 cm³/mol. The minimum absolute atomic E-state index is 0.0956. The summed E-state index contributed by atoms with van der Waals surface area (Å²) in [5, 5.41) is 4.91. The Kier molecular flexibility index (Phi) is 5.19. The molecule has 0 aromatic carbocycles. The quantitative estimate of drug-likeness (QED) is 0.828. The summed E-state index contributed by atoms with van der Waals surface area (Å²) in [6.45, 7) is 3.16. The van der Waals surface area contributed by atoms with E-state index in [2.05, 4.69) is 5.32 Å². The smallest absolute Gasteiger partial charge is 0.341 e. The molecule has 2 aromatic rings. The molecule has 1 N–H and O–H groups in total. The zero-order valence-electron chi connectivity index (χ0n) is 14.0. The maximum absolute atomic E-state index is 12.7. The van der Waals surface area contributed by atoms with Crippen molar-refractivity contribution in [2.75, 3.05) is 25.5 Å². The largest absolute Gasteiger partial charge is 0.465 e. The van der Waals surface area contributed by atoms with Crippen molar-refractivity contribution in [3.63, 3.8) is 0 Å². The Morgan fingerprint density at radius 2 is 1.96 bits per heavy atom. The lowest BCUT2D eigenvalue weighted by Gasteiger charge is -2.14. The summed E-state index contributed by atoms with van der Waals surface area (Å²) >= 11 is 2.44. The second kappa shape index (κ2) is 7.37. The second-order valence-corrected chi connectivity index (χ2v) is 7.65. The minimum Gasteiger partial charge on any atom is -0.465 e. The van der Waals surface area contributed by atoms with Crippen LogP contribution in [0, 0.1) is 6.92 Å². The molecular formula is C17H18N2O4S2. The Bertz CT molecular complexity index is 805. The molecule has 1 aliphatic rings. The fourth-order valence-electron chi connectivity index (χ4n) is 2.79. The van der Waals surface area contributed by atoms with Crippen LogP contribution in [0.25, 0.3) is 0 Å². The average molecular weight is 378 g/mol. The topological polar surface area (TPSA) is 75.7 Å². The van der Waals surface area contributed by atoms with E-state index in [1.165, 1.54) is 18.4 Å². The molecule has 25 heavy (non-hydrogen) atoms. The van der Waals surface area contributed by atoms with Crippen molar-refractivity contribution < 1.29 is 19.1 Å². The molecule has 8 heteroatoms. The Hall–Kier alpha value is -2.19. The van der Waals surface area contributed by atoms with Crippen LogP contribution in [0.1, 0.15) is 48.1 Å². The van der Waals surface area contributed by atoms with Crippen LogP contribution < -0.4 is 5.32 Å². The molecular weight excluding hydrogens is 360 g/mol. The lowest BCUT2D eigenvalue weighted by Crippen LogP contribution is -2.27. The number of carbonyl (C=O) groups excluding carboxylic acids is 3. The number of amides is 2. The Balaban J connectivity index is 1.95. The van der Waals surface area contributed by atoms with Crippen LogP contribution in [-0.4, -0.2) is 42.9 Å². The average Bonchev–Trinajstić information content (AvgIpc) is 3.35. The molecule has 0 bridgehead atoms. The highest BCUT2D eigenvalue weighted by Crippen LogP contribution is 2.35. The van der Waals surface area contributed by atoms with E-state index in [0.717, 1.165) is 37.3 Å². The van der Waals surface area contributed by atoms with Crippen LogP contribution in [0.3, 0.4) is 0 Å². The van der Waals surface area contributed by atoms with Crippen molar-refractivity contribution in [3.05, 3.63) is 38.4 Å². The van der Waals surface area contributed by atoms with E-state index in [0.29, 0.717) is 20.3 Å². The van der Waals surface area contributed by atoms with Crippen LogP contribution in [0.15, 0.2) is 17.5 Å². The standard InChI is InChI=1S/C17H18N2O4S2/c1-10-12(17(22)23-2)15(18-14(20)11-6-5-9-24-11)25-13(10)16(21)19-7-3-4-8-19/h5-6,9H,3-4,7-8H2,1-2H3,(H,18,20). The number of methoxy groups -OCH3 is 1. The molecule has 1 aliphatic heterocycles. The summed E-state index contributed by atoms with van der Waals surface area (Å²) < 4.78 is 4.84. The third-order valence-electron chi connectivity index (χ3n) is 4.10. The molecule has 0 saturated carbocycles. The van der Waals surface area contributed by atoms with Crippen LogP contribution in [0.2, 0.25) is 0 Å². The number of nitrogens with one attached hydrogen (secondary N) is 1. The lowest BCUT2D eigenvalue weighted by molar-refractivity contribution is 0.0601. The van der Waals surface area contributed by atoms with Crippen LogP contribution in [0.5, 0.6) is 0 Å². The van der Waals surface area contributed by atoms with Gasteiger partial charge in [-0.15, -0.1) is 22.7 Å². The fraction of sp³-hybridized carbons (Fsp3) is 0.353. The Labute approximate surface area is 153 Å². The summed E-state index contributed by atoms with van der Waals surface area (Å²) in [6.07, 6.45) is 1.98. The summed E-state index contributed by atoms with van der Waals surface area (Å²) in [4.78, 5) is 40.1. The number of likely N-dealkylation sites (tertiary alicyclic amines) is 1. The van der Waals surface area contributed by atoms with Gasteiger partial charge in [-0.3, -0.25) is 9.59 Å². The van der Waals surface area contributed by atoms with E-state index in [9.17, 15) is 14.4 Å². The van der Waals surface area contributed by atoms with Crippen molar-refractivity contribution >= 4 is 45.5 Å². The number of carbonyl (C=O) groups is 3. The summed E-state index contributed by atoms with van der Waals surface area (Å²) in [5.41, 5.74) is 0.801. The molecule has 0 atom stereocenters. The van der Waals surface area contributed by atoms with E-state index >= 15 is 0 Å². The zero-order chi connectivity index (χ0) is 18.0. The van der Waals surface area contributed by atoms with Gasteiger partial charge in [0.15, 0.2) is 0 Å². The zero-order valence-corrected chi connectivity index (χ0v) is 15.6. The van der Waals surface area contributed by atoms with Gasteiger partial charge in [-0.05, 0) is 36.8 Å². The molecule has 1 saturated heterocycles. The van der Waals surface area contributed by atoms with Crippen molar-refractivity contribution in [1.82, 2.24) is 4.90 Å². The molecule has 1 fully saturated rings. The third kappa shape index (κ3) is 3.45. The summed E-state index contributed by atoms with van der Waals surface area (Å²) in [5.74, 6) is -0.959. The predicted octanol–water partition coefficient (Wildman–Crippen LogP) is 3.39. The van der Waals surface area contributed by atoms with Gasteiger partial charge in [-0.25, -0.2) is 4.79 Å². The van der Waals surface area contributed by atoms with E-state index < -0.39 is 5.97 Å². The third-order valence-corrected chi connectivity index (χ3v) is 6.16. The monoisotopic (exact) mass is 378 g/mol. The number of nitrogens with zero attached hydrogens (tertiary/aromatic N) is 1. The molecule has 3 heterocycles. The first-order valence-corrected chi connectivity index (χ1v) is 9.58. The number of ether oxygens (including phenoxy) is 1. The SMILES string of the molecule is COC(=O)c1c(NC(=O)c2cccs2)sc(C(=O)N2CCCC2)c1C. The fourth-order valence-corrected chi connectivity index (χ4v) is 4.57. The van der Waals surface area contributed by atoms with Gasteiger partial charge < -0.3 is 15.0 Å². The molecule has 2 aromatic heterocycles. The van der Waals surface area contributed by atoms with Crippen LogP contribution in [0.4, 0.5) is 5.00 Å². The summed E-state index contributed by atoms with van der Waals surface area (Å²) in [6, 6.07) is 3.48. The normalized spacial score (nSPS) is 13.8. The first-order chi connectivity index (χ1) is 12.0. The molecule has 0 unspecified atom stereocenters. The van der Waals surface area contributed by atoms with Gasteiger partial charge in [0.1, 0.15) is 5.00 Å². The Morgan fingerprint density at radius 3 is 2.56 bits per heavy atom. The molecule has 0 radical (unpaired) electrons. The molecule has 6 nitrogen and oxygen atoms in total. The maximum Gasteiger partial charge on any atom is 0.341 e. The van der Waals surface area contributed by atoms with Gasteiger partial charge in [0.05, 0.1) is 22.4 Å². The van der Waals surface area contributed by atoms with Crippen molar-refractivity contribution in [2.24, 2.45) is 0 Å². The maximum atomic E-state index is 12.7. The van der Waals surface area contributed by atoms with Crippen LogP contribution >= 0.6 is 22.7 Å². The number of thiophene rings is 2. The molecule has 2 amide bonds. The van der Waals surface area contributed by atoms with E-state index in [1.807, 2.05) is 0 Å². The van der Waals surface area contributed by atoms with Crippen LogP contribution in [-0.2, 0) is 4.74 Å². The number of anilines is 1. The van der Waals surface area contributed by atoms with Gasteiger partial charge in [0.25, 0.3) is 11.8 Å². The first-order valence-electron chi connectivity index (χ1n) is 7.88. The van der Waals surface area contributed by atoms with Crippen molar-refractivity contribution in [2.45, 2.75) is 19.8 Å². The summed E-state index contributed by atoms with van der Waals surface area (Å²) in [7, 11) is 1.28. The number of hydrogen-bond acceptors (Lipinski definition) is 6. The highest BCUT2D eigenvalue weighted by molar-refractivity contribution is 7.19. The highest BCUT2D eigenvalue weighted by atomic mass is 32.1. The Morgan fingerprint density at radius 1 is 1.24 bits per heavy atom. The molecule has 0 aliphatic carbocycles. The molecule has 0 spiro atoms.